The monoisotopic (exact) mass is 361 g/mol. The Hall–Kier alpha value is -3.28. The molecule has 1 N–H and O–H groups in total. The van der Waals surface area contributed by atoms with Gasteiger partial charge in [-0.05, 0) is 48.2 Å². The highest BCUT2D eigenvalue weighted by molar-refractivity contribution is 5.92. The molecule has 138 valence electrons. The van der Waals surface area contributed by atoms with Crippen LogP contribution in [0.25, 0.3) is 0 Å². The van der Waals surface area contributed by atoms with Crippen LogP contribution in [0.5, 0.6) is 0 Å². The van der Waals surface area contributed by atoms with Crippen LogP contribution in [0.15, 0.2) is 61.1 Å². The number of carbonyl (C=O) groups is 1. The number of aryl methyl sites for hydroxylation is 1. The van der Waals surface area contributed by atoms with Crippen molar-refractivity contribution < 1.29 is 4.79 Å². The van der Waals surface area contributed by atoms with Crippen molar-refractivity contribution in [3.05, 3.63) is 77.9 Å². The number of hydrogen-bond acceptors (Lipinski definition) is 5. The number of anilines is 2. The molecule has 0 atom stereocenters. The predicted octanol–water partition coefficient (Wildman–Crippen LogP) is 3.49. The minimum atomic E-state index is -0.127. The molecule has 3 aromatic rings. The van der Waals surface area contributed by atoms with Gasteiger partial charge in [0.15, 0.2) is 0 Å². The van der Waals surface area contributed by atoms with Crippen LogP contribution >= 0.6 is 0 Å². The van der Waals surface area contributed by atoms with Gasteiger partial charge in [-0.2, -0.15) is 0 Å². The summed E-state index contributed by atoms with van der Waals surface area (Å²) in [6, 6.07) is 13.6. The first kappa shape index (κ1) is 18.5. The largest absolute Gasteiger partial charge is 0.340 e. The number of hydrogen-bond donors (Lipinski definition) is 1. The van der Waals surface area contributed by atoms with E-state index in [-0.39, 0.29) is 5.91 Å². The lowest BCUT2D eigenvalue weighted by molar-refractivity contribution is 0.0791. The molecule has 0 aliphatic heterocycles. The number of amides is 1. The van der Waals surface area contributed by atoms with Gasteiger partial charge in [-0.15, -0.1) is 0 Å². The van der Waals surface area contributed by atoms with Gasteiger partial charge in [-0.25, -0.2) is 9.97 Å². The highest BCUT2D eigenvalue weighted by atomic mass is 16.2. The van der Waals surface area contributed by atoms with Crippen molar-refractivity contribution in [2.75, 3.05) is 18.9 Å². The number of carbonyl (C=O) groups excluding carboxylic acids is 1. The molecule has 0 aliphatic rings. The fraction of sp³-hybridized carbons (Fsp3) is 0.238. The molecule has 3 rings (SSSR count). The first-order chi connectivity index (χ1) is 13.2. The summed E-state index contributed by atoms with van der Waals surface area (Å²) < 4.78 is 0. The highest BCUT2D eigenvalue weighted by Gasteiger charge is 2.14. The second-order valence-electron chi connectivity index (χ2n) is 6.23. The van der Waals surface area contributed by atoms with Crippen LogP contribution in [-0.4, -0.2) is 39.4 Å². The SMILES string of the molecule is CCc1ccccc1Nc1nccc(C(=O)N(C)CCc2ccncc2)n1. The molecule has 0 radical (unpaired) electrons. The Morgan fingerprint density at radius 2 is 1.85 bits per heavy atom. The number of pyridine rings is 1. The summed E-state index contributed by atoms with van der Waals surface area (Å²) in [4.78, 5) is 27.0. The van der Waals surface area contributed by atoms with E-state index in [2.05, 4.69) is 33.3 Å². The lowest BCUT2D eigenvalue weighted by Crippen LogP contribution is -2.29. The summed E-state index contributed by atoms with van der Waals surface area (Å²) in [5.41, 5.74) is 3.65. The number of para-hydroxylation sites is 1. The second kappa shape index (κ2) is 8.89. The van der Waals surface area contributed by atoms with E-state index in [4.69, 9.17) is 0 Å². The maximum absolute atomic E-state index is 12.7. The van der Waals surface area contributed by atoms with E-state index in [1.165, 1.54) is 5.56 Å². The molecule has 0 saturated heterocycles. The molecule has 0 bridgehead atoms. The van der Waals surface area contributed by atoms with Gasteiger partial charge in [-0.1, -0.05) is 25.1 Å². The first-order valence-electron chi connectivity index (χ1n) is 8.99. The number of likely N-dealkylation sites (N-methyl/N-ethyl adjacent to an activating group) is 1. The van der Waals surface area contributed by atoms with E-state index >= 15 is 0 Å². The van der Waals surface area contributed by atoms with E-state index in [9.17, 15) is 4.79 Å². The van der Waals surface area contributed by atoms with Gasteiger partial charge >= 0.3 is 0 Å². The minimum absolute atomic E-state index is 0.127. The van der Waals surface area contributed by atoms with Crippen molar-refractivity contribution in [1.82, 2.24) is 19.9 Å². The lowest BCUT2D eigenvalue weighted by atomic mass is 10.1. The van der Waals surface area contributed by atoms with E-state index in [1.807, 2.05) is 30.3 Å². The molecule has 6 nitrogen and oxygen atoms in total. The summed E-state index contributed by atoms with van der Waals surface area (Å²) in [7, 11) is 1.78. The third kappa shape index (κ3) is 4.88. The van der Waals surface area contributed by atoms with Crippen molar-refractivity contribution in [2.45, 2.75) is 19.8 Å². The molecule has 2 heterocycles. The summed E-state index contributed by atoms with van der Waals surface area (Å²) >= 11 is 0. The zero-order valence-corrected chi connectivity index (χ0v) is 15.6. The van der Waals surface area contributed by atoms with Crippen LogP contribution in [0.1, 0.15) is 28.5 Å². The summed E-state index contributed by atoms with van der Waals surface area (Å²) in [6.45, 7) is 2.70. The second-order valence-corrected chi connectivity index (χ2v) is 6.23. The maximum atomic E-state index is 12.7. The molecule has 1 amide bonds. The number of nitrogens with one attached hydrogen (secondary N) is 1. The fourth-order valence-corrected chi connectivity index (χ4v) is 2.75. The topological polar surface area (TPSA) is 71.0 Å². The van der Waals surface area contributed by atoms with Gasteiger partial charge in [-0.3, -0.25) is 9.78 Å². The zero-order valence-electron chi connectivity index (χ0n) is 15.6. The Kier molecular flexibility index (Phi) is 6.10. The first-order valence-corrected chi connectivity index (χ1v) is 8.99. The van der Waals surface area contributed by atoms with Crippen LogP contribution in [0.3, 0.4) is 0 Å². The normalized spacial score (nSPS) is 10.4. The molecule has 0 saturated carbocycles. The van der Waals surface area contributed by atoms with E-state index in [1.54, 1.807) is 36.6 Å². The third-order valence-corrected chi connectivity index (χ3v) is 4.35. The van der Waals surface area contributed by atoms with E-state index in [0.29, 0.717) is 18.2 Å². The van der Waals surface area contributed by atoms with Gasteiger partial charge < -0.3 is 10.2 Å². The third-order valence-electron chi connectivity index (χ3n) is 4.35. The van der Waals surface area contributed by atoms with Crippen molar-refractivity contribution >= 4 is 17.5 Å². The Morgan fingerprint density at radius 1 is 1.07 bits per heavy atom. The van der Waals surface area contributed by atoms with Crippen LogP contribution in [0, 0.1) is 0 Å². The molecule has 0 aliphatic carbocycles. The molecule has 1 aromatic carbocycles. The Balaban J connectivity index is 1.68. The summed E-state index contributed by atoms with van der Waals surface area (Å²) in [5, 5.41) is 3.22. The van der Waals surface area contributed by atoms with Gasteiger partial charge in [0.25, 0.3) is 5.91 Å². The van der Waals surface area contributed by atoms with Gasteiger partial charge in [0, 0.05) is 37.9 Å². The van der Waals surface area contributed by atoms with Crippen LogP contribution in [-0.2, 0) is 12.8 Å². The van der Waals surface area contributed by atoms with Gasteiger partial charge in [0.1, 0.15) is 5.69 Å². The van der Waals surface area contributed by atoms with Crippen molar-refractivity contribution in [3.8, 4) is 0 Å². The van der Waals surface area contributed by atoms with Crippen LogP contribution < -0.4 is 5.32 Å². The number of rotatable bonds is 7. The lowest BCUT2D eigenvalue weighted by Gasteiger charge is -2.17. The van der Waals surface area contributed by atoms with Crippen LogP contribution in [0.4, 0.5) is 11.6 Å². The fourth-order valence-electron chi connectivity index (χ4n) is 2.75. The molecular formula is C21H23N5O. The average molecular weight is 361 g/mol. The molecule has 2 aromatic heterocycles. The molecule has 27 heavy (non-hydrogen) atoms. The predicted molar refractivity (Wildman–Crippen MR) is 106 cm³/mol. The number of benzene rings is 1. The van der Waals surface area contributed by atoms with Crippen LogP contribution in [0.2, 0.25) is 0 Å². The Bertz CT molecular complexity index is 898. The molecule has 6 heteroatoms. The van der Waals surface area contributed by atoms with Crippen molar-refractivity contribution in [3.63, 3.8) is 0 Å². The van der Waals surface area contributed by atoms with Crippen molar-refractivity contribution in [2.24, 2.45) is 0 Å². The standard InChI is InChI=1S/C21H23N5O/c1-3-17-6-4-5-7-18(17)24-21-23-14-10-19(25-21)20(27)26(2)15-11-16-8-12-22-13-9-16/h4-10,12-14H,3,11,15H2,1-2H3,(H,23,24,25). The molecule has 0 fully saturated rings. The quantitative estimate of drug-likeness (QED) is 0.697. The number of aromatic nitrogens is 3. The van der Waals surface area contributed by atoms with E-state index < -0.39 is 0 Å². The van der Waals surface area contributed by atoms with E-state index in [0.717, 1.165) is 24.1 Å². The van der Waals surface area contributed by atoms with Gasteiger partial charge in [0.05, 0.1) is 0 Å². The smallest absolute Gasteiger partial charge is 0.272 e. The molecular weight excluding hydrogens is 338 g/mol. The summed E-state index contributed by atoms with van der Waals surface area (Å²) in [6.07, 6.45) is 6.79. The van der Waals surface area contributed by atoms with Crippen molar-refractivity contribution in [1.29, 1.82) is 0 Å². The Morgan fingerprint density at radius 3 is 2.63 bits per heavy atom. The molecule has 0 spiro atoms. The Labute approximate surface area is 159 Å². The zero-order chi connectivity index (χ0) is 19.1. The highest BCUT2D eigenvalue weighted by Crippen LogP contribution is 2.19. The molecule has 0 unspecified atom stereocenters. The number of nitrogens with zero attached hydrogens (tertiary/aromatic N) is 4. The van der Waals surface area contributed by atoms with Gasteiger partial charge in [0.2, 0.25) is 5.95 Å². The average Bonchev–Trinajstić information content (AvgIpc) is 2.73. The minimum Gasteiger partial charge on any atom is -0.340 e. The summed E-state index contributed by atoms with van der Waals surface area (Å²) in [5.74, 6) is 0.294. The maximum Gasteiger partial charge on any atom is 0.272 e.